The highest BCUT2D eigenvalue weighted by Crippen LogP contribution is 2.02. The van der Waals surface area contributed by atoms with Crippen LogP contribution in [0.1, 0.15) is 11.1 Å². The molecule has 0 aromatic heterocycles. The minimum absolute atomic E-state index is 0.441. The first kappa shape index (κ1) is 14.8. The molecule has 0 fully saturated rings. The van der Waals surface area contributed by atoms with Crippen molar-refractivity contribution in [3.8, 4) is 0 Å². The van der Waals surface area contributed by atoms with Crippen molar-refractivity contribution in [1.82, 2.24) is 0 Å². The first-order valence-corrected chi connectivity index (χ1v) is 6.84. The largest absolute Gasteiger partial charge is 0.636 e. The van der Waals surface area contributed by atoms with Crippen LogP contribution in [0.25, 0.3) is 0 Å². The lowest BCUT2D eigenvalue weighted by atomic mass is 10.1. The maximum atomic E-state index is 9.56. The van der Waals surface area contributed by atoms with Crippen LogP contribution in [-0.4, -0.2) is 25.6 Å². The van der Waals surface area contributed by atoms with Gasteiger partial charge in [-0.05, 0) is 24.0 Å². The van der Waals surface area contributed by atoms with E-state index in [9.17, 15) is 5.02 Å². The van der Waals surface area contributed by atoms with Gasteiger partial charge in [0.05, 0.1) is 0 Å². The van der Waals surface area contributed by atoms with E-state index in [-0.39, 0.29) is 0 Å². The molecule has 0 atom stereocenters. The molecule has 3 nitrogen and oxygen atoms in total. The molecular formula is C16H19BO3. The molecule has 1 N–H and O–H groups in total. The summed E-state index contributed by atoms with van der Waals surface area (Å²) in [5.41, 5.74) is 2.37. The summed E-state index contributed by atoms with van der Waals surface area (Å²) in [6.45, 7) is 0.882. The van der Waals surface area contributed by atoms with Gasteiger partial charge < -0.3 is 14.3 Å². The van der Waals surface area contributed by atoms with E-state index in [0.29, 0.717) is 13.2 Å². The Morgan fingerprint density at radius 3 is 1.50 bits per heavy atom. The molecule has 2 aromatic rings. The highest BCUT2D eigenvalue weighted by atomic mass is 16.7. The third kappa shape index (κ3) is 5.57. The fraction of sp³-hybridized carbons (Fsp3) is 0.250. The summed E-state index contributed by atoms with van der Waals surface area (Å²) in [5.74, 6) is 0. The van der Waals surface area contributed by atoms with Crippen molar-refractivity contribution in [2.75, 3.05) is 13.2 Å². The van der Waals surface area contributed by atoms with E-state index in [1.54, 1.807) is 0 Å². The van der Waals surface area contributed by atoms with Crippen LogP contribution in [0, 0.1) is 0 Å². The Morgan fingerprint density at radius 2 is 1.10 bits per heavy atom. The number of hydrogen-bond donors (Lipinski definition) is 1. The fourth-order valence-corrected chi connectivity index (χ4v) is 1.89. The van der Waals surface area contributed by atoms with E-state index in [1.165, 1.54) is 11.1 Å². The van der Waals surface area contributed by atoms with Crippen molar-refractivity contribution in [3.63, 3.8) is 0 Å². The van der Waals surface area contributed by atoms with Crippen molar-refractivity contribution < 1.29 is 14.3 Å². The number of hydrogen-bond acceptors (Lipinski definition) is 3. The van der Waals surface area contributed by atoms with Gasteiger partial charge in [-0.25, -0.2) is 0 Å². The predicted molar refractivity (Wildman–Crippen MR) is 80.2 cm³/mol. The lowest BCUT2D eigenvalue weighted by molar-refractivity contribution is 0.135. The van der Waals surface area contributed by atoms with E-state index in [0.717, 1.165) is 12.8 Å². The topological polar surface area (TPSA) is 38.7 Å². The van der Waals surface area contributed by atoms with Crippen LogP contribution in [0.4, 0.5) is 0 Å². The van der Waals surface area contributed by atoms with Crippen LogP contribution in [0.2, 0.25) is 0 Å². The SMILES string of the molecule is OB(OCCc1ccccc1)OCCc1ccccc1. The highest BCUT2D eigenvalue weighted by molar-refractivity contribution is 6.34. The molecule has 0 spiro atoms. The fourth-order valence-electron chi connectivity index (χ4n) is 1.89. The molecule has 0 saturated heterocycles. The molecule has 0 bridgehead atoms. The Balaban J connectivity index is 1.58. The zero-order chi connectivity index (χ0) is 14.0. The zero-order valence-electron chi connectivity index (χ0n) is 11.4. The lowest BCUT2D eigenvalue weighted by Gasteiger charge is -2.09. The Labute approximate surface area is 120 Å². The maximum absolute atomic E-state index is 9.56. The van der Waals surface area contributed by atoms with Crippen molar-refractivity contribution >= 4 is 7.32 Å². The van der Waals surface area contributed by atoms with E-state index >= 15 is 0 Å². The van der Waals surface area contributed by atoms with Crippen molar-refractivity contribution in [3.05, 3.63) is 71.8 Å². The normalized spacial score (nSPS) is 10.4. The maximum Gasteiger partial charge on any atom is 0.636 e. The molecule has 0 aliphatic rings. The first-order valence-electron chi connectivity index (χ1n) is 6.84. The summed E-state index contributed by atoms with van der Waals surface area (Å²) in [7, 11) is -1.15. The van der Waals surface area contributed by atoms with Gasteiger partial charge in [-0.15, -0.1) is 0 Å². The van der Waals surface area contributed by atoms with E-state index in [1.807, 2.05) is 60.7 Å². The van der Waals surface area contributed by atoms with Gasteiger partial charge in [-0.3, -0.25) is 0 Å². The third-order valence-electron chi connectivity index (χ3n) is 2.99. The molecule has 104 valence electrons. The van der Waals surface area contributed by atoms with Gasteiger partial charge in [0, 0.05) is 13.2 Å². The van der Waals surface area contributed by atoms with Crippen LogP contribution in [-0.2, 0) is 22.2 Å². The summed E-state index contributed by atoms with van der Waals surface area (Å²) in [6.07, 6.45) is 1.53. The number of rotatable bonds is 8. The van der Waals surface area contributed by atoms with Gasteiger partial charge in [0.2, 0.25) is 0 Å². The first-order chi connectivity index (χ1) is 9.84. The Bertz CT molecular complexity index is 430. The Kier molecular flexibility index (Phi) is 6.31. The van der Waals surface area contributed by atoms with Crippen LogP contribution in [0.5, 0.6) is 0 Å². The molecule has 2 rings (SSSR count). The second-order valence-electron chi connectivity index (χ2n) is 4.52. The average Bonchev–Trinajstić information content (AvgIpc) is 2.49. The van der Waals surface area contributed by atoms with Gasteiger partial charge >= 0.3 is 7.32 Å². The highest BCUT2D eigenvalue weighted by Gasteiger charge is 2.14. The van der Waals surface area contributed by atoms with Gasteiger partial charge in [0.1, 0.15) is 0 Å². The van der Waals surface area contributed by atoms with Crippen LogP contribution >= 0.6 is 0 Å². The van der Waals surface area contributed by atoms with Gasteiger partial charge in [0.15, 0.2) is 0 Å². The van der Waals surface area contributed by atoms with Crippen LogP contribution < -0.4 is 0 Å². The van der Waals surface area contributed by atoms with E-state index in [4.69, 9.17) is 9.31 Å². The van der Waals surface area contributed by atoms with Crippen LogP contribution in [0.3, 0.4) is 0 Å². The van der Waals surface area contributed by atoms with Gasteiger partial charge in [0.25, 0.3) is 0 Å². The van der Waals surface area contributed by atoms with Gasteiger partial charge in [-0.2, -0.15) is 0 Å². The molecule has 0 aliphatic heterocycles. The zero-order valence-corrected chi connectivity index (χ0v) is 11.4. The minimum Gasteiger partial charge on any atom is -0.402 e. The molecule has 4 heteroatoms. The van der Waals surface area contributed by atoms with Crippen molar-refractivity contribution in [2.45, 2.75) is 12.8 Å². The third-order valence-corrected chi connectivity index (χ3v) is 2.99. The smallest absolute Gasteiger partial charge is 0.402 e. The quantitative estimate of drug-likeness (QED) is 0.749. The molecule has 0 aliphatic carbocycles. The monoisotopic (exact) mass is 270 g/mol. The average molecular weight is 270 g/mol. The Morgan fingerprint density at radius 1 is 0.700 bits per heavy atom. The second kappa shape index (κ2) is 8.53. The van der Waals surface area contributed by atoms with E-state index in [2.05, 4.69) is 0 Å². The summed E-state index contributed by atoms with van der Waals surface area (Å²) in [4.78, 5) is 0. The molecule has 0 saturated carbocycles. The minimum atomic E-state index is -1.15. The van der Waals surface area contributed by atoms with E-state index < -0.39 is 7.32 Å². The molecular weight excluding hydrogens is 251 g/mol. The lowest BCUT2D eigenvalue weighted by Crippen LogP contribution is -2.25. The molecule has 0 unspecified atom stereocenters. The molecule has 0 heterocycles. The van der Waals surface area contributed by atoms with Gasteiger partial charge in [-0.1, -0.05) is 60.7 Å². The van der Waals surface area contributed by atoms with Crippen molar-refractivity contribution in [1.29, 1.82) is 0 Å². The molecule has 0 radical (unpaired) electrons. The summed E-state index contributed by atoms with van der Waals surface area (Å²) in [6, 6.07) is 20.0. The standard InChI is InChI=1S/C16H19BO3/c18-17(19-13-11-15-7-3-1-4-8-15)20-14-12-16-9-5-2-6-10-16/h1-10,18H,11-14H2. The molecule has 20 heavy (non-hydrogen) atoms. The summed E-state index contributed by atoms with van der Waals surface area (Å²) < 4.78 is 10.4. The summed E-state index contributed by atoms with van der Waals surface area (Å²) >= 11 is 0. The Hall–Kier alpha value is -1.62. The van der Waals surface area contributed by atoms with Crippen LogP contribution in [0.15, 0.2) is 60.7 Å². The van der Waals surface area contributed by atoms with Crippen molar-refractivity contribution in [2.24, 2.45) is 0 Å². The second-order valence-corrected chi connectivity index (χ2v) is 4.52. The summed E-state index contributed by atoms with van der Waals surface area (Å²) in [5, 5.41) is 9.56. The number of benzene rings is 2. The predicted octanol–water partition coefficient (Wildman–Crippen LogP) is 2.48. The molecule has 0 amide bonds. The molecule has 2 aromatic carbocycles.